The van der Waals surface area contributed by atoms with Crippen LogP contribution in [0.5, 0.6) is 0 Å². The summed E-state index contributed by atoms with van der Waals surface area (Å²) in [6.07, 6.45) is 1.07. The van der Waals surface area contributed by atoms with Gasteiger partial charge in [0.1, 0.15) is 0 Å². The second kappa shape index (κ2) is 6.12. The van der Waals surface area contributed by atoms with Gasteiger partial charge in [-0.25, -0.2) is 0 Å². The molecule has 4 nitrogen and oxygen atoms in total. The highest BCUT2D eigenvalue weighted by Gasteiger charge is 2.55. The zero-order valence-electron chi connectivity index (χ0n) is 12.2. The average molecular weight is 372 g/mol. The number of nitrogens with zero attached hydrogens (tertiary/aromatic N) is 1. The molecule has 1 unspecified atom stereocenters. The lowest BCUT2D eigenvalue weighted by Gasteiger charge is -2.40. The molecule has 3 rings (SSSR count). The normalized spacial score (nSPS) is 21.7. The molecular formula is C16H16Cl2NO3P. The lowest BCUT2D eigenvalue weighted by Crippen LogP contribution is -2.41. The molecule has 1 atom stereocenters. The number of anilines is 1. The van der Waals surface area contributed by atoms with E-state index in [1.807, 2.05) is 0 Å². The fourth-order valence-electron chi connectivity index (χ4n) is 3.26. The van der Waals surface area contributed by atoms with Gasteiger partial charge in [-0.2, -0.15) is 0 Å². The second-order valence-corrected chi connectivity index (χ2v) is 8.30. The first kappa shape index (κ1) is 16.8. The molecule has 1 heterocycles. The standard InChI is InChI=1S/C16H16Cl2NO3P/c17-13-4-2-12(3-5-13)16(23(20,21)22)10-1-11-19(16)15-8-6-14(18)7-9-15/h2-9H,1,10-11H2,(H2,20,21,22). The number of hydrogen-bond donors (Lipinski definition) is 2. The predicted molar refractivity (Wildman–Crippen MR) is 93.2 cm³/mol. The zero-order chi connectivity index (χ0) is 16.7. The Kier molecular flexibility index (Phi) is 4.47. The van der Waals surface area contributed by atoms with E-state index in [1.54, 1.807) is 53.4 Å². The molecule has 0 aliphatic carbocycles. The van der Waals surface area contributed by atoms with Gasteiger partial charge in [-0.05, 0) is 54.8 Å². The number of halogens is 2. The van der Waals surface area contributed by atoms with Crippen LogP contribution in [0.2, 0.25) is 10.0 Å². The Labute approximate surface area is 144 Å². The van der Waals surface area contributed by atoms with Crippen LogP contribution in [0.15, 0.2) is 48.5 Å². The van der Waals surface area contributed by atoms with Crippen molar-refractivity contribution in [1.29, 1.82) is 0 Å². The largest absolute Gasteiger partial charge is 0.355 e. The third-order valence-corrected chi connectivity index (χ3v) is 6.47. The minimum Gasteiger partial charge on any atom is -0.351 e. The quantitative estimate of drug-likeness (QED) is 0.772. The number of benzene rings is 2. The van der Waals surface area contributed by atoms with E-state index in [0.29, 0.717) is 35.0 Å². The van der Waals surface area contributed by atoms with Crippen molar-refractivity contribution in [1.82, 2.24) is 0 Å². The maximum atomic E-state index is 12.5. The summed E-state index contributed by atoms with van der Waals surface area (Å²) in [6.45, 7) is 0.565. The first-order chi connectivity index (χ1) is 10.8. The average Bonchev–Trinajstić information content (AvgIpc) is 2.94. The Morgan fingerprint density at radius 3 is 2.00 bits per heavy atom. The molecule has 7 heteroatoms. The van der Waals surface area contributed by atoms with Crippen molar-refractivity contribution in [3.63, 3.8) is 0 Å². The monoisotopic (exact) mass is 371 g/mol. The second-order valence-electron chi connectivity index (χ2n) is 5.60. The van der Waals surface area contributed by atoms with Crippen molar-refractivity contribution in [2.75, 3.05) is 11.4 Å². The van der Waals surface area contributed by atoms with Gasteiger partial charge >= 0.3 is 7.60 Å². The van der Waals surface area contributed by atoms with Gasteiger partial charge in [0.05, 0.1) is 0 Å². The van der Waals surface area contributed by atoms with E-state index in [0.717, 1.165) is 5.69 Å². The van der Waals surface area contributed by atoms with Gasteiger partial charge in [0.25, 0.3) is 0 Å². The van der Waals surface area contributed by atoms with Crippen LogP contribution >= 0.6 is 30.8 Å². The van der Waals surface area contributed by atoms with Crippen molar-refractivity contribution in [3.05, 3.63) is 64.1 Å². The summed E-state index contributed by atoms with van der Waals surface area (Å²) in [5.41, 5.74) is 1.31. The molecule has 0 spiro atoms. The lowest BCUT2D eigenvalue weighted by molar-refractivity contribution is 0.325. The summed E-state index contributed by atoms with van der Waals surface area (Å²) >= 11 is 11.9. The molecule has 1 aliphatic heterocycles. The molecule has 1 fully saturated rings. The fraction of sp³-hybridized carbons (Fsp3) is 0.250. The van der Waals surface area contributed by atoms with E-state index in [1.165, 1.54) is 0 Å². The smallest absolute Gasteiger partial charge is 0.351 e. The Balaban J connectivity index is 2.16. The molecule has 1 aliphatic rings. The van der Waals surface area contributed by atoms with E-state index < -0.39 is 12.9 Å². The molecule has 1 saturated heterocycles. The summed E-state index contributed by atoms with van der Waals surface area (Å²) in [4.78, 5) is 22.2. The molecule has 0 saturated carbocycles. The Morgan fingerprint density at radius 1 is 0.957 bits per heavy atom. The van der Waals surface area contributed by atoms with Gasteiger partial charge in [0, 0.05) is 22.3 Å². The van der Waals surface area contributed by atoms with Crippen LogP contribution in [-0.4, -0.2) is 16.3 Å². The topological polar surface area (TPSA) is 60.8 Å². The zero-order valence-corrected chi connectivity index (χ0v) is 14.6. The molecule has 2 aromatic rings. The van der Waals surface area contributed by atoms with Crippen molar-refractivity contribution in [2.24, 2.45) is 0 Å². The summed E-state index contributed by atoms with van der Waals surface area (Å²) in [6, 6.07) is 13.7. The summed E-state index contributed by atoms with van der Waals surface area (Å²) in [7, 11) is -4.46. The van der Waals surface area contributed by atoms with Crippen LogP contribution in [0, 0.1) is 0 Å². The highest BCUT2D eigenvalue weighted by molar-refractivity contribution is 7.53. The maximum absolute atomic E-state index is 12.5. The lowest BCUT2D eigenvalue weighted by atomic mass is 10.0. The van der Waals surface area contributed by atoms with Crippen LogP contribution in [0.3, 0.4) is 0 Å². The van der Waals surface area contributed by atoms with Crippen LogP contribution < -0.4 is 4.90 Å². The molecule has 0 bridgehead atoms. The van der Waals surface area contributed by atoms with Gasteiger partial charge in [-0.1, -0.05) is 35.3 Å². The highest BCUT2D eigenvalue weighted by atomic mass is 35.5. The third-order valence-electron chi connectivity index (χ3n) is 4.28. The van der Waals surface area contributed by atoms with Crippen LogP contribution in [0.25, 0.3) is 0 Å². The SMILES string of the molecule is O=P(O)(O)C1(c2ccc(Cl)cc2)CCCN1c1ccc(Cl)cc1. The first-order valence-corrected chi connectivity index (χ1v) is 9.56. The Bertz CT molecular complexity index is 745. The van der Waals surface area contributed by atoms with Gasteiger partial charge in [0.15, 0.2) is 5.28 Å². The highest BCUT2D eigenvalue weighted by Crippen LogP contribution is 2.64. The molecule has 0 amide bonds. The fourth-order valence-corrected chi connectivity index (χ4v) is 4.97. The Morgan fingerprint density at radius 2 is 1.48 bits per heavy atom. The molecular weight excluding hydrogens is 356 g/mol. The van der Waals surface area contributed by atoms with Crippen LogP contribution in [-0.2, 0) is 9.85 Å². The van der Waals surface area contributed by atoms with E-state index in [2.05, 4.69) is 0 Å². The van der Waals surface area contributed by atoms with Gasteiger partial charge < -0.3 is 14.7 Å². The molecule has 2 N–H and O–H groups in total. The van der Waals surface area contributed by atoms with E-state index in [4.69, 9.17) is 23.2 Å². The van der Waals surface area contributed by atoms with Gasteiger partial charge in [-0.15, -0.1) is 0 Å². The van der Waals surface area contributed by atoms with E-state index in [-0.39, 0.29) is 0 Å². The molecule has 0 radical (unpaired) electrons. The number of rotatable bonds is 3. The first-order valence-electron chi connectivity index (χ1n) is 7.19. The molecule has 0 aromatic heterocycles. The Hall–Kier alpha value is -1.03. The minimum atomic E-state index is -4.46. The van der Waals surface area contributed by atoms with Crippen molar-refractivity contribution < 1.29 is 14.4 Å². The summed E-state index contributed by atoms with van der Waals surface area (Å²) < 4.78 is 12.5. The molecule has 2 aromatic carbocycles. The van der Waals surface area contributed by atoms with Crippen LogP contribution in [0.1, 0.15) is 18.4 Å². The number of hydrogen-bond acceptors (Lipinski definition) is 2. The summed E-state index contributed by atoms with van der Waals surface area (Å²) in [5, 5.41) is -0.252. The predicted octanol–water partition coefficient (Wildman–Crippen LogP) is 4.62. The van der Waals surface area contributed by atoms with E-state index >= 15 is 0 Å². The third kappa shape index (κ3) is 2.90. The minimum absolute atomic E-state index is 0.377. The van der Waals surface area contributed by atoms with Crippen molar-refractivity contribution in [3.8, 4) is 0 Å². The maximum Gasteiger partial charge on any atom is 0.355 e. The van der Waals surface area contributed by atoms with Gasteiger partial charge in [0.2, 0.25) is 0 Å². The van der Waals surface area contributed by atoms with Crippen molar-refractivity contribution in [2.45, 2.75) is 18.1 Å². The van der Waals surface area contributed by atoms with Crippen LogP contribution in [0.4, 0.5) is 5.69 Å². The molecule has 122 valence electrons. The van der Waals surface area contributed by atoms with Gasteiger partial charge in [-0.3, -0.25) is 4.57 Å². The molecule has 23 heavy (non-hydrogen) atoms. The van der Waals surface area contributed by atoms with E-state index in [9.17, 15) is 14.4 Å². The van der Waals surface area contributed by atoms with Crippen molar-refractivity contribution >= 4 is 36.5 Å². The summed E-state index contributed by atoms with van der Waals surface area (Å²) in [5.74, 6) is 0.